The third-order valence-corrected chi connectivity index (χ3v) is 5.92. The van der Waals surface area contributed by atoms with Gasteiger partial charge in [0.25, 0.3) is 5.91 Å². The lowest BCUT2D eigenvalue weighted by Crippen LogP contribution is -2.25. The Morgan fingerprint density at radius 2 is 1.66 bits per heavy atom. The average molecular weight is 464 g/mol. The predicted molar refractivity (Wildman–Crippen MR) is 113 cm³/mol. The van der Waals surface area contributed by atoms with E-state index in [9.17, 15) is 26.4 Å². The van der Waals surface area contributed by atoms with Crippen molar-refractivity contribution in [2.45, 2.75) is 17.6 Å². The van der Waals surface area contributed by atoms with Crippen LogP contribution >= 0.6 is 0 Å². The highest BCUT2D eigenvalue weighted by Crippen LogP contribution is 2.31. The average Bonchev–Trinajstić information content (AvgIpc) is 2.78. The molecule has 0 bridgehead atoms. The monoisotopic (exact) mass is 464 g/mol. The van der Waals surface area contributed by atoms with Crippen LogP contribution in [0.2, 0.25) is 0 Å². The largest absolute Gasteiger partial charge is 0.416 e. The molecule has 3 rings (SSSR count). The van der Waals surface area contributed by atoms with Crippen LogP contribution in [-0.4, -0.2) is 26.4 Å². The number of nitrogens with one attached hydrogen (secondary N) is 3. The standard InChI is InChI=1S/C21H19F3N4O3S/c1-25-32(30,31)17-6-7-19(28-16-4-2-15(3-5-16)21(22,23)24)18(12-17)20(29)27-13-14-8-10-26-11-9-14/h2-12,25,28H,13H2,1H3,(H,27,29). The third-order valence-electron chi connectivity index (χ3n) is 4.51. The van der Waals surface area contributed by atoms with Gasteiger partial charge in [0.05, 0.1) is 21.7 Å². The first-order valence-electron chi connectivity index (χ1n) is 9.29. The Hall–Kier alpha value is -3.44. The number of nitrogens with zero attached hydrogens (tertiary/aromatic N) is 1. The zero-order chi connectivity index (χ0) is 23.4. The van der Waals surface area contributed by atoms with Crippen molar-refractivity contribution in [3.63, 3.8) is 0 Å². The van der Waals surface area contributed by atoms with Gasteiger partial charge in [0.15, 0.2) is 0 Å². The molecular formula is C21H19F3N4O3S. The number of benzene rings is 2. The maximum atomic E-state index is 12.9. The minimum Gasteiger partial charge on any atom is -0.355 e. The third kappa shape index (κ3) is 5.62. The summed E-state index contributed by atoms with van der Waals surface area (Å²) in [7, 11) is -2.58. The molecule has 0 saturated carbocycles. The van der Waals surface area contributed by atoms with Crippen molar-refractivity contribution >= 4 is 27.3 Å². The zero-order valence-electron chi connectivity index (χ0n) is 16.8. The molecule has 7 nitrogen and oxygen atoms in total. The Kier molecular flexibility index (Phi) is 6.80. The Bertz CT molecular complexity index is 1200. The zero-order valence-corrected chi connectivity index (χ0v) is 17.6. The number of halogens is 3. The fraction of sp³-hybridized carbons (Fsp3) is 0.143. The number of sulfonamides is 1. The van der Waals surface area contributed by atoms with Gasteiger partial charge in [-0.2, -0.15) is 13.2 Å². The lowest BCUT2D eigenvalue weighted by molar-refractivity contribution is -0.137. The van der Waals surface area contributed by atoms with E-state index in [0.717, 1.165) is 17.7 Å². The van der Waals surface area contributed by atoms with Gasteiger partial charge in [0, 0.05) is 24.6 Å². The molecule has 1 amide bonds. The summed E-state index contributed by atoms with van der Waals surface area (Å²) in [5.74, 6) is -0.565. The number of aromatic nitrogens is 1. The van der Waals surface area contributed by atoms with Crippen LogP contribution in [-0.2, 0) is 22.7 Å². The molecule has 32 heavy (non-hydrogen) atoms. The van der Waals surface area contributed by atoms with Gasteiger partial charge in [0.2, 0.25) is 10.0 Å². The number of carbonyl (C=O) groups is 1. The first-order chi connectivity index (χ1) is 15.1. The van der Waals surface area contributed by atoms with Crippen LogP contribution in [0.3, 0.4) is 0 Å². The summed E-state index contributed by atoms with van der Waals surface area (Å²) in [5.41, 5.74) is 0.506. The smallest absolute Gasteiger partial charge is 0.355 e. The molecule has 0 aliphatic carbocycles. The number of rotatable bonds is 7. The Morgan fingerprint density at radius 3 is 2.25 bits per heavy atom. The molecule has 0 radical (unpaired) electrons. The van der Waals surface area contributed by atoms with Gasteiger partial charge in [-0.05, 0) is 67.2 Å². The van der Waals surface area contributed by atoms with Crippen LogP contribution in [0.5, 0.6) is 0 Å². The maximum Gasteiger partial charge on any atom is 0.416 e. The second-order valence-corrected chi connectivity index (χ2v) is 8.54. The molecule has 0 atom stereocenters. The molecule has 1 aromatic heterocycles. The molecule has 0 spiro atoms. The fourth-order valence-electron chi connectivity index (χ4n) is 2.78. The SMILES string of the molecule is CNS(=O)(=O)c1ccc(Nc2ccc(C(F)(F)F)cc2)c(C(=O)NCc2ccncc2)c1. The van der Waals surface area contributed by atoms with Crippen molar-refractivity contribution in [2.75, 3.05) is 12.4 Å². The van der Waals surface area contributed by atoms with Crippen LogP contribution in [0.15, 0.2) is 71.9 Å². The molecule has 11 heteroatoms. The fourth-order valence-corrected chi connectivity index (χ4v) is 3.54. The highest BCUT2D eigenvalue weighted by molar-refractivity contribution is 7.89. The van der Waals surface area contributed by atoms with E-state index in [2.05, 4.69) is 20.3 Å². The molecule has 2 aromatic carbocycles. The molecule has 3 N–H and O–H groups in total. The highest BCUT2D eigenvalue weighted by Gasteiger charge is 2.30. The summed E-state index contributed by atoms with van der Waals surface area (Å²) >= 11 is 0. The molecule has 0 aliphatic heterocycles. The lowest BCUT2D eigenvalue weighted by atomic mass is 10.1. The van der Waals surface area contributed by atoms with Crippen molar-refractivity contribution in [2.24, 2.45) is 0 Å². The van der Waals surface area contributed by atoms with E-state index in [1.54, 1.807) is 24.5 Å². The van der Waals surface area contributed by atoms with Gasteiger partial charge < -0.3 is 10.6 Å². The number of hydrogen-bond acceptors (Lipinski definition) is 5. The Morgan fingerprint density at radius 1 is 1.00 bits per heavy atom. The summed E-state index contributed by atoms with van der Waals surface area (Å²) in [4.78, 5) is 16.6. The molecule has 168 valence electrons. The van der Waals surface area contributed by atoms with Crippen molar-refractivity contribution in [3.8, 4) is 0 Å². The van der Waals surface area contributed by atoms with Crippen molar-refractivity contribution in [1.29, 1.82) is 0 Å². The van der Waals surface area contributed by atoms with E-state index < -0.39 is 27.7 Å². The molecule has 0 unspecified atom stereocenters. The highest BCUT2D eigenvalue weighted by atomic mass is 32.2. The van der Waals surface area contributed by atoms with Gasteiger partial charge in [-0.15, -0.1) is 0 Å². The first kappa shape index (κ1) is 23.2. The van der Waals surface area contributed by atoms with Crippen LogP contribution in [0.4, 0.5) is 24.5 Å². The van der Waals surface area contributed by atoms with E-state index >= 15 is 0 Å². The van der Waals surface area contributed by atoms with Crippen LogP contribution in [0, 0.1) is 0 Å². The van der Waals surface area contributed by atoms with Crippen molar-refractivity contribution in [1.82, 2.24) is 15.0 Å². The van der Waals surface area contributed by atoms with E-state index in [0.29, 0.717) is 5.69 Å². The lowest BCUT2D eigenvalue weighted by Gasteiger charge is -2.15. The van der Waals surface area contributed by atoms with Gasteiger partial charge in [-0.1, -0.05) is 0 Å². The summed E-state index contributed by atoms with van der Waals surface area (Å²) in [5, 5.41) is 5.57. The van der Waals surface area contributed by atoms with E-state index in [1.807, 2.05) is 0 Å². The Balaban J connectivity index is 1.91. The van der Waals surface area contributed by atoms with Crippen molar-refractivity contribution < 1.29 is 26.4 Å². The van der Waals surface area contributed by atoms with Gasteiger partial charge in [-0.3, -0.25) is 9.78 Å². The number of alkyl halides is 3. The molecule has 0 fully saturated rings. The summed E-state index contributed by atoms with van der Waals surface area (Å²) in [6, 6.07) is 11.5. The van der Waals surface area contributed by atoms with Crippen LogP contribution in [0.1, 0.15) is 21.5 Å². The van der Waals surface area contributed by atoms with E-state index in [4.69, 9.17) is 0 Å². The second kappa shape index (κ2) is 9.37. The Labute approximate surface area is 182 Å². The maximum absolute atomic E-state index is 12.9. The molecule has 0 aliphatic rings. The van der Waals surface area contributed by atoms with Gasteiger partial charge >= 0.3 is 6.18 Å². The van der Waals surface area contributed by atoms with E-state index in [-0.39, 0.29) is 22.7 Å². The van der Waals surface area contributed by atoms with Crippen LogP contribution < -0.4 is 15.4 Å². The normalized spacial score (nSPS) is 11.8. The number of carbonyl (C=O) groups excluding carboxylic acids is 1. The minimum atomic E-state index is -4.47. The summed E-state index contributed by atoms with van der Waals surface area (Å²) in [6.45, 7) is 0.171. The number of hydrogen-bond donors (Lipinski definition) is 3. The molecular weight excluding hydrogens is 445 g/mol. The van der Waals surface area contributed by atoms with Gasteiger partial charge in [-0.25, -0.2) is 13.1 Å². The number of pyridine rings is 1. The first-order valence-corrected chi connectivity index (χ1v) is 10.8. The van der Waals surface area contributed by atoms with Crippen molar-refractivity contribution in [3.05, 3.63) is 83.7 Å². The predicted octanol–water partition coefficient (Wildman–Crippen LogP) is 3.68. The molecule has 0 saturated heterocycles. The molecule has 3 aromatic rings. The minimum absolute atomic E-state index is 0.00952. The second-order valence-electron chi connectivity index (χ2n) is 6.65. The van der Waals surface area contributed by atoms with E-state index in [1.165, 1.54) is 37.4 Å². The molecule has 1 heterocycles. The topological polar surface area (TPSA) is 100 Å². The van der Waals surface area contributed by atoms with Crippen LogP contribution in [0.25, 0.3) is 0 Å². The van der Waals surface area contributed by atoms with Gasteiger partial charge in [0.1, 0.15) is 0 Å². The summed E-state index contributed by atoms with van der Waals surface area (Å²) < 4.78 is 64.9. The quantitative estimate of drug-likeness (QED) is 0.495. The summed E-state index contributed by atoms with van der Waals surface area (Å²) in [6.07, 6.45) is -1.34. The number of amides is 1. The number of anilines is 2.